The van der Waals surface area contributed by atoms with Gasteiger partial charge in [-0.05, 0) is 57.7 Å². The minimum absolute atomic E-state index is 0.183. The number of allylic oxidation sites excluding steroid dienone is 2. The van der Waals surface area contributed by atoms with Crippen LogP contribution in [0.4, 0.5) is 5.82 Å². The molecule has 1 aromatic heterocycles. The summed E-state index contributed by atoms with van der Waals surface area (Å²) in [5.74, 6) is 0.363. The van der Waals surface area contributed by atoms with Crippen molar-refractivity contribution in [2.75, 3.05) is 44.7 Å². The molecular weight excluding hydrogens is 406 g/mol. The van der Waals surface area contributed by atoms with Gasteiger partial charge in [0.25, 0.3) is 0 Å². The average Bonchev–Trinajstić information content (AvgIpc) is 2.96. The number of aromatic nitrogens is 1. The van der Waals surface area contributed by atoms with Crippen molar-refractivity contribution in [3.8, 4) is 0 Å². The van der Waals surface area contributed by atoms with Crippen LogP contribution in [-0.2, 0) is 14.3 Å². The Hall–Kier alpha value is -2.67. The maximum atomic E-state index is 12.7. The lowest BCUT2D eigenvalue weighted by atomic mass is 9.99. The number of anilines is 1. The van der Waals surface area contributed by atoms with E-state index in [4.69, 9.17) is 9.47 Å². The van der Waals surface area contributed by atoms with Crippen molar-refractivity contribution in [3.05, 3.63) is 45.7 Å². The molecule has 1 unspecified atom stereocenters. The lowest BCUT2D eigenvalue weighted by Gasteiger charge is -2.36. The largest absolute Gasteiger partial charge is 0.465 e. The first-order chi connectivity index (χ1) is 15.1. The molecule has 0 N–H and O–H groups in total. The van der Waals surface area contributed by atoms with Crippen molar-refractivity contribution in [1.29, 1.82) is 0 Å². The second-order valence-electron chi connectivity index (χ2n) is 8.98. The fraction of sp³-hybridized carbons (Fsp3) is 0.560. The van der Waals surface area contributed by atoms with Gasteiger partial charge in [0.05, 0.1) is 18.8 Å². The van der Waals surface area contributed by atoms with Crippen molar-refractivity contribution in [2.45, 2.75) is 47.6 Å². The SMILES string of the molecule is COC(=O)C1=C(C)C(C)C(C)=C1CN1CCN(c2nccc(C)c2C(=O)OC(C)C)CC1. The van der Waals surface area contributed by atoms with Crippen LogP contribution in [0.25, 0.3) is 0 Å². The molecule has 174 valence electrons. The van der Waals surface area contributed by atoms with Gasteiger partial charge in [-0.1, -0.05) is 18.1 Å². The van der Waals surface area contributed by atoms with Crippen LogP contribution in [0.3, 0.4) is 0 Å². The predicted octanol–water partition coefficient (Wildman–Crippen LogP) is 3.53. The Balaban J connectivity index is 1.74. The van der Waals surface area contributed by atoms with Gasteiger partial charge in [0, 0.05) is 38.9 Å². The number of piperazine rings is 1. The van der Waals surface area contributed by atoms with Crippen LogP contribution in [-0.4, -0.2) is 67.8 Å². The summed E-state index contributed by atoms with van der Waals surface area (Å²) < 4.78 is 10.5. The van der Waals surface area contributed by atoms with Gasteiger partial charge in [-0.3, -0.25) is 4.90 Å². The molecule has 0 spiro atoms. The topological polar surface area (TPSA) is 72.0 Å². The van der Waals surface area contributed by atoms with Crippen molar-refractivity contribution in [2.24, 2.45) is 5.92 Å². The van der Waals surface area contributed by atoms with Crippen LogP contribution < -0.4 is 4.90 Å². The van der Waals surface area contributed by atoms with E-state index in [0.717, 1.165) is 55.0 Å². The third-order valence-corrected chi connectivity index (χ3v) is 6.60. The van der Waals surface area contributed by atoms with E-state index < -0.39 is 0 Å². The molecule has 1 aliphatic carbocycles. The smallest absolute Gasteiger partial charge is 0.342 e. The zero-order valence-electron chi connectivity index (χ0n) is 20.3. The first-order valence-electron chi connectivity index (χ1n) is 11.3. The van der Waals surface area contributed by atoms with Gasteiger partial charge in [0.1, 0.15) is 11.4 Å². The number of ether oxygens (including phenoxy) is 2. The maximum Gasteiger partial charge on any atom is 0.342 e. The van der Waals surface area contributed by atoms with E-state index in [-0.39, 0.29) is 24.0 Å². The van der Waals surface area contributed by atoms with Crippen molar-refractivity contribution < 1.29 is 19.1 Å². The molecule has 2 aliphatic rings. The summed E-state index contributed by atoms with van der Waals surface area (Å²) in [7, 11) is 1.44. The molecule has 2 heterocycles. The molecule has 0 radical (unpaired) electrons. The summed E-state index contributed by atoms with van der Waals surface area (Å²) in [6.45, 7) is 15.7. The molecule has 7 nitrogen and oxygen atoms in total. The highest BCUT2D eigenvalue weighted by Gasteiger charge is 2.33. The third kappa shape index (κ3) is 4.72. The van der Waals surface area contributed by atoms with Crippen LogP contribution >= 0.6 is 0 Å². The van der Waals surface area contributed by atoms with E-state index in [1.54, 1.807) is 6.20 Å². The van der Waals surface area contributed by atoms with Crippen molar-refractivity contribution in [3.63, 3.8) is 0 Å². The van der Waals surface area contributed by atoms with Gasteiger partial charge in [0.15, 0.2) is 0 Å². The van der Waals surface area contributed by atoms with E-state index >= 15 is 0 Å². The Kier molecular flexibility index (Phi) is 7.39. The van der Waals surface area contributed by atoms with Crippen LogP contribution in [0, 0.1) is 12.8 Å². The number of nitrogens with zero attached hydrogens (tertiary/aromatic N) is 3. The summed E-state index contributed by atoms with van der Waals surface area (Å²) in [5, 5.41) is 0. The fourth-order valence-electron chi connectivity index (χ4n) is 4.48. The molecule has 1 aromatic rings. The first kappa shape index (κ1) is 24.0. The number of methoxy groups -OCH3 is 1. The second-order valence-corrected chi connectivity index (χ2v) is 8.98. The predicted molar refractivity (Wildman–Crippen MR) is 125 cm³/mol. The second kappa shape index (κ2) is 9.86. The molecule has 1 fully saturated rings. The Labute approximate surface area is 191 Å². The average molecular weight is 442 g/mol. The monoisotopic (exact) mass is 441 g/mol. The van der Waals surface area contributed by atoms with Crippen molar-refractivity contribution in [1.82, 2.24) is 9.88 Å². The summed E-state index contributed by atoms with van der Waals surface area (Å²) >= 11 is 0. The summed E-state index contributed by atoms with van der Waals surface area (Å²) in [5.41, 5.74) is 5.56. The Bertz CT molecular complexity index is 956. The zero-order valence-corrected chi connectivity index (χ0v) is 20.3. The van der Waals surface area contributed by atoms with Crippen molar-refractivity contribution >= 4 is 17.8 Å². The van der Waals surface area contributed by atoms with Crippen LogP contribution in [0.5, 0.6) is 0 Å². The number of hydrogen-bond donors (Lipinski definition) is 0. The molecule has 0 amide bonds. The van der Waals surface area contributed by atoms with E-state index in [1.165, 1.54) is 12.7 Å². The Morgan fingerprint density at radius 3 is 2.34 bits per heavy atom. The highest BCUT2D eigenvalue weighted by atomic mass is 16.5. The number of carbonyl (C=O) groups is 2. The Morgan fingerprint density at radius 2 is 1.75 bits per heavy atom. The summed E-state index contributed by atoms with van der Waals surface area (Å²) in [4.78, 5) is 34.2. The highest BCUT2D eigenvalue weighted by molar-refractivity contribution is 5.97. The standard InChI is InChI=1S/C25H35N3O4/c1-15(2)32-25(30)21-16(3)8-9-26-23(21)28-12-10-27(11-13-28)14-20-18(5)17(4)19(6)22(20)24(29)31-7/h8-9,15,17H,10-14H2,1-7H3. The lowest BCUT2D eigenvalue weighted by molar-refractivity contribution is -0.135. The molecular formula is C25H35N3O4. The maximum absolute atomic E-state index is 12.7. The number of aryl methyl sites for hydroxylation is 1. The minimum atomic E-state index is -0.327. The van der Waals surface area contributed by atoms with Crippen LogP contribution in [0.15, 0.2) is 34.6 Å². The van der Waals surface area contributed by atoms with Gasteiger partial charge >= 0.3 is 11.9 Å². The van der Waals surface area contributed by atoms with Gasteiger partial charge in [-0.2, -0.15) is 0 Å². The molecule has 3 rings (SSSR count). The van der Waals surface area contributed by atoms with Gasteiger partial charge in [-0.25, -0.2) is 14.6 Å². The van der Waals surface area contributed by atoms with E-state index in [1.807, 2.05) is 33.8 Å². The van der Waals surface area contributed by atoms with Gasteiger partial charge in [0.2, 0.25) is 0 Å². The van der Waals surface area contributed by atoms with E-state index in [0.29, 0.717) is 11.4 Å². The molecule has 32 heavy (non-hydrogen) atoms. The lowest BCUT2D eigenvalue weighted by Crippen LogP contribution is -2.48. The van der Waals surface area contributed by atoms with E-state index in [2.05, 4.69) is 28.6 Å². The summed E-state index contributed by atoms with van der Waals surface area (Å²) in [6.07, 6.45) is 1.56. The number of rotatable bonds is 6. The normalized spacial score (nSPS) is 19.8. The highest BCUT2D eigenvalue weighted by Crippen LogP contribution is 2.38. The minimum Gasteiger partial charge on any atom is -0.465 e. The number of esters is 2. The van der Waals surface area contributed by atoms with Gasteiger partial charge < -0.3 is 14.4 Å². The first-order valence-corrected chi connectivity index (χ1v) is 11.3. The third-order valence-electron chi connectivity index (χ3n) is 6.60. The van der Waals surface area contributed by atoms with Crippen LogP contribution in [0.1, 0.15) is 50.5 Å². The molecule has 1 atom stereocenters. The Morgan fingerprint density at radius 1 is 1.09 bits per heavy atom. The van der Waals surface area contributed by atoms with Crippen LogP contribution in [0.2, 0.25) is 0 Å². The molecule has 1 aliphatic heterocycles. The molecule has 0 bridgehead atoms. The quantitative estimate of drug-likeness (QED) is 0.625. The van der Waals surface area contributed by atoms with E-state index in [9.17, 15) is 9.59 Å². The summed E-state index contributed by atoms with van der Waals surface area (Å²) in [6, 6.07) is 1.84. The number of hydrogen-bond acceptors (Lipinski definition) is 7. The zero-order chi connectivity index (χ0) is 23.6. The molecule has 0 saturated carbocycles. The number of pyridine rings is 1. The molecule has 7 heteroatoms. The molecule has 0 aromatic carbocycles. The fourth-order valence-corrected chi connectivity index (χ4v) is 4.48. The molecule has 1 saturated heterocycles. The number of carbonyl (C=O) groups excluding carboxylic acids is 2. The van der Waals surface area contributed by atoms with Gasteiger partial charge in [-0.15, -0.1) is 0 Å².